The number of imidazole rings is 1. The van der Waals surface area contributed by atoms with Crippen LogP contribution in [0.2, 0.25) is 0 Å². The van der Waals surface area contributed by atoms with E-state index in [0.29, 0.717) is 5.69 Å². The van der Waals surface area contributed by atoms with Crippen LogP contribution in [0.15, 0.2) is 60.8 Å². The average Bonchev–Trinajstić information content (AvgIpc) is 3.03. The number of hydrogen-bond donors (Lipinski definition) is 1. The summed E-state index contributed by atoms with van der Waals surface area (Å²) in [6, 6.07) is 16.0. The first-order valence-electron chi connectivity index (χ1n) is 9.51. The minimum absolute atomic E-state index is 0.157. The number of hydrogen-bond acceptors (Lipinski definition) is 2. The molecule has 0 saturated heterocycles. The third kappa shape index (κ3) is 3.90. The molecule has 0 atom stereocenters. The van der Waals surface area contributed by atoms with Crippen LogP contribution in [0.5, 0.6) is 0 Å². The summed E-state index contributed by atoms with van der Waals surface area (Å²) in [4.78, 5) is 17.6. The lowest BCUT2D eigenvalue weighted by Crippen LogP contribution is -2.16. The number of pyridine rings is 1. The van der Waals surface area contributed by atoms with Gasteiger partial charge in [-0.2, -0.15) is 0 Å². The molecule has 29 heavy (non-hydrogen) atoms. The summed E-state index contributed by atoms with van der Waals surface area (Å²) in [5.41, 5.74) is 7.48. The van der Waals surface area contributed by atoms with Crippen LogP contribution in [-0.2, 0) is 11.2 Å². The number of rotatable bonds is 4. The minimum Gasteiger partial charge on any atom is -0.326 e. The maximum absolute atomic E-state index is 13.1. The van der Waals surface area contributed by atoms with Gasteiger partial charge in [0, 0.05) is 17.4 Å². The smallest absolute Gasteiger partial charge is 0.230 e. The molecule has 0 saturated carbocycles. The largest absolute Gasteiger partial charge is 0.326 e. The van der Waals surface area contributed by atoms with Gasteiger partial charge in [0.25, 0.3) is 0 Å². The monoisotopic (exact) mass is 387 g/mol. The quantitative estimate of drug-likeness (QED) is 0.520. The van der Waals surface area contributed by atoms with Gasteiger partial charge in [-0.15, -0.1) is 0 Å². The van der Waals surface area contributed by atoms with E-state index in [0.717, 1.165) is 28.2 Å². The summed E-state index contributed by atoms with van der Waals surface area (Å²) in [5, 5.41) is 2.84. The lowest BCUT2D eigenvalue weighted by atomic mass is 10.0. The van der Waals surface area contributed by atoms with Crippen molar-refractivity contribution in [2.24, 2.45) is 0 Å². The Kier molecular flexibility index (Phi) is 4.89. The number of nitrogens with zero attached hydrogens (tertiary/aromatic N) is 2. The van der Waals surface area contributed by atoms with Gasteiger partial charge in [-0.25, -0.2) is 9.37 Å². The normalized spacial score (nSPS) is 11.0. The highest BCUT2D eigenvalue weighted by atomic mass is 19.1. The second-order valence-electron chi connectivity index (χ2n) is 7.37. The molecule has 0 aliphatic carbocycles. The van der Waals surface area contributed by atoms with Crippen LogP contribution >= 0.6 is 0 Å². The standard InChI is InChI=1S/C24H22FN3O/c1-15-10-11-28-21(14-23(29)26-20-8-6-19(25)7-9-20)24(27-22(28)12-15)18-5-4-16(2)17(3)13-18/h4-13H,14H2,1-3H3,(H,26,29). The van der Waals surface area contributed by atoms with E-state index in [4.69, 9.17) is 4.98 Å². The highest BCUT2D eigenvalue weighted by Gasteiger charge is 2.18. The fourth-order valence-electron chi connectivity index (χ4n) is 3.38. The molecule has 0 aliphatic heterocycles. The fourth-order valence-corrected chi connectivity index (χ4v) is 3.38. The fraction of sp³-hybridized carbons (Fsp3) is 0.167. The summed E-state index contributed by atoms with van der Waals surface area (Å²) in [6.07, 6.45) is 2.10. The first-order chi connectivity index (χ1) is 13.9. The number of aryl methyl sites for hydroxylation is 3. The molecule has 0 aliphatic rings. The lowest BCUT2D eigenvalue weighted by Gasteiger charge is -2.09. The molecule has 1 N–H and O–H groups in total. The summed E-state index contributed by atoms with van der Waals surface area (Å²) >= 11 is 0. The molecule has 0 unspecified atom stereocenters. The lowest BCUT2D eigenvalue weighted by molar-refractivity contribution is -0.115. The van der Waals surface area contributed by atoms with Gasteiger partial charge >= 0.3 is 0 Å². The van der Waals surface area contributed by atoms with E-state index >= 15 is 0 Å². The van der Waals surface area contributed by atoms with E-state index < -0.39 is 0 Å². The van der Waals surface area contributed by atoms with Crippen LogP contribution in [0.3, 0.4) is 0 Å². The molecule has 0 fully saturated rings. The first-order valence-corrected chi connectivity index (χ1v) is 9.51. The molecule has 1 amide bonds. The Balaban J connectivity index is 1.74. The van der Waals surface area contributed by atoms with Crippen molar-refractivity contribution in [3.63, 3.8) is 0 Å². The van der Waals surface area contributed by atoms with Crippen molar-refractivity contribution in [2.75, 3.05) is 5.32 Å². The first kappa shape index (κ1) is 18.9. The molecule has 4 nitrogen and oxygen atoms in total. The molecule has 0 bridgehead atoms. The number of aromatic nitrogens is 2. The number of anilines is 1. The summed E-state index contributed by atoms with van der Waals surface area (Å²) in [7, 11) is 0. The maximum Gasteiger partial charge on any atom is 0.230 e. The van der Waals surface area contributed by atoms with E-state index in [1.807, 2.05) is 35.7 Å². The third-order valence-corrected chi connectivity index (χ3v) is 5.12. The third-order valence-electron chi connectivity index (χ3n) is 5.12. The molecular weight excluding hydrogens is 365 g/mol. The van der Waals surface area contributed by atoms with Crippen LogP contribution in [0.4, 0.5) is 10.1 Å². The Morgan fingerprint density at radius 1 is 1.00 bits per heavy atom. The number of halogens is 1. The van der Waals surface area contributed by atoms with Crippen molar-refractivity contribution >= 4 is 17.2 Å². The summed E-state index contributed by atoms with van der Waals surface area (Å²) in [6.45, 7) is 6.16. The molecule has 2 aromatic heterocycles. The average molecular weight is 387 g/mol. The highest BCUT2D eigenvalue weighted by Crippen LogP contribution is 2.27. The molecule has 2 aromatic carbocycles. The molecule has 5 heteroatoms. The molecule has 4 aromatic rings. The Morgan fingerprint density at radius 2 is 1.76 bits per heavy atom. The number of benzene rings is 2. The molecule has 0 spiro atoms. The topological polar surface area (TPSA) is 46.4 Å². The zero-order valence-corrected chi connectivity index (χ0v) is 16.7. The molecule has 146 valence electrons. The molecule has 2 heterocycles. The maximum atomic E-state index is 13.1. The van der Waals surface area contributed by atoms with Gasteiger partial charge in [0.05, 0.1) is 17.8 Å². The Labute approximate surface area is 169 Å². The van der Waals surface area contributed by atoms with Gasteiger partial charge in [0.2, 0.25) is 5.91 Å². The van der Waals surface area contributed by atoms with E-state index in [9.17, 15) is 9.18 Å². The minimum atomic E-state index is -0.336. The zero-order chi connectivity index (χ0) is 20.5. The highest BCUT2D eigenvalue weighted by molar-refractivity contribution is 5.93. The van der Waals surface area contributed by atoms with Crippen LogP contribution in [0.1, 0.15) is 22.4 Å². The summed E-state index contributed by atoms with van der Waals surface area (Å²) in [5.74, 6) is -0.513. The van der Waals surface area contributed by atoms with Crippen molar-refractivity contribution < 1.29 is 9.18 Å². The van der Waals surface area contributed by atoms with Crippen LogP contribution < -0.4 is 5.32 Å². The van der Waals surface area contributed by atoms with Crippen molar-refractivity contribution in [1.82, 2.24) is 9.38 Å². The molecular formula is C24H22FN3O. The van der Waals surface area contributed by atoms with Gasteiger partial charge in [0.15, 0.2) is 0 Å². The molecule has 0 radical (unpaired) electrons. The van der Waals surface area contributed by atoms with Crippen molar-refractivity contribution in [1.29, 1.82) is 0 Å². The van der Waals surface area contributed by atoms with E-state index in [2.05, 4.69) is 31.3 Å². The van der Waals surface area contributed by atoms with Crippen molar-refractivity contribution in [3.05, 3.63) is 89.0 Å². The predicted octanol–water partition coefficient (Wildman–Crippen LogP) is 5.25. The SMILES string of the molecule is Cc1ccn2c(CC(=O)Nc3ccc(F)cc3)c(-c3ccc(C)c(C)c3)nc2c1. The Hall–Kier alpha value is -3.47. The Morgan fingerprint density at radius 3 is 2.48 bits per heavy atom. The van der Waals surface area contributed by atoms with Gasteiger partial charge < -0.3 is 9.72 Å². The zero-order valence-electron chi connectivity index (χ0n) is 16.7. The van der Waals surface area contributed by atoms with Gasteiger partial charge in [-0.3, -0.25) is 4.79 Å². The molecule has 4 rings (SSSR count). The number of nitrogens with one attached hydrogen (secondary N) is 1. The van der Waals surface area contributed by atoms with Crippen LogP contribution in [-0.4, -0.2) is 15.3 Å². The van der Waals surface area contributed by atoms with E-state index in [1.165, 1.54) is 23.3 Å². The van der Waals surface area contributed by atoms with Crippen LogP contribution in [0, 0.1) is 26.6 Å². The number of carbonyl (C=O) groups is 1. The number of fused-ring (bicyclic) bond motifs is 1. The van der Waals surface area contributed by atoms with E-state index in [-0.39, 0.29) is 18.1 Å². The van der Waals surface area contributed by atoms with Crippen molar-refractivity contribution in [2.45, 2.75) is 27.2 Å². The van der Waals surface area contributed by atoms with E-state index in [1.54, 1.807) is 12.1 Å². The van der Waals surface area contributed by atoms with Gasteiger partial charge in [-0.05, 0) is 79.9 Å². The summed E-state index contributed by atoms with van der Waals surface area (Å²) < 4.78 is 15.1. The number of amides is 1. The van der Waals surface area contributed by atoms with Crippen molar-refractivity contribution in [3.8, 4) is 11.3 Å². The second kappa shape index (κ2) is 7.51. The Bertz CT molecular complexity index is 1210. The van der Waals surface area contributed by atoms with Gasteiger partial charge in [-0.1, -0.05) is 12.1 Å². The predicted molar refractivity (Wildman–Crippen MR) is 114 cm³/mol. The van der Waals surface area contributed by atoms with Gasteiger partial charge in [0.1, 0.15) is 11.5 Å². The second-order valence-corrected chi connectivity index (χ2v) is 7.37. The number of carbonyl (C=O) groups excluding carboxylic acids is 1. The van der Waals surface area contributed by atoms with Crippen LogP contribution in [0.25, 0.3) is 16.9 Å².